The minimum absolute atomic E-state index is 0.0755. The third-order valence-electron chi connectivity index (χ3n) is 2.82. The first kappa shape index (κ1) is 14.4. The second-order valence-corrected chi connectivity index (χ2v) is 4.59. The van der Waals surface area contributed by atoms with E-state index in [9.17, 15) is 4.79 Å². The van der Waals surface area contributed by atoms with Gasteiger partial charge in [0.15, 0.2) is 0 Å². The van der Waals surface area contributed by atoms with Crippen molar-refractivity contribution in [3.8, 4) is 0 Å². The summed E-state index contributed by atoms with van der Waals surface area (Å²) in [5.41, 5.74) is 0. The molecule has 0 aliphatic carbocycles. The van der Waals surface area contributed by atoms with Crippen LogP contribution >= 0.6 is 0 Å². The van der Waals surface area contributed by atoms with Gasteiger partial charge in [-0.2, -0.15) is 0 Å². The number of hydrogen-bond acceptors (Lipinski definition) is 4. The van der Waals surface area contributed by atoms with Crippen LogP contribution in [0.25, 0.3) is 0 Å². The van der Waals surface area contributed by atoms with Crippen LogP contribution in [0.1, 0.15) is 26.7 Å². The molecule has 1 amide bonds. The minimum Gasteiger partial charge on any atom is -0.379 e. The van der Waals surface area contributed by atoms with Crippen LogP contribution < -0.4 is 16.0 Å². The minimum atomic E-state index is 0.0755. The van der Waals surface area contributed by atoms with Crippen molar-refractivity contribution in [2.75, 3.05) is 32.8 Å². The van der Waals surface area contributed by atoms with Crippen molar-refractivity contribution in [3.63, 3.8) is 0 Å². The van der Waals surface area contributed by atoms with E-state index in [2.05, 4.69) is 22.9 Å². The molecule has 0 aromatic rings. The Balaban J connectivity index is 2.07. The third-order valence-corrected chi connectivity index (χ3v) is 2.82. The van der Waals surface area contributed by atoms with Gasteiger partial charge in [-0.1, -0.05) is 6.92 Å². The maximum Gasteiger partial charge on any atom is 0.233 e. The van der Waals surface area contributed by atoms with E-state index in [0.717, 1.165) is 39.1 Å². The molecule has 1 aliphatic rings. The van der Waals surface area contributed by atoms with Crippen LogP contribution in [0, 0.1) is 0 Å². The Morgan fingerprint density at radius 3 is 3.06 bits per heavy atom. The molecule has 5 nitrogen and oxygen atoms in total. The molecule has 1 rings (SSSR count). The van der Waals surface area contributed by atoms with Crippen LogP contribution in [-0.4, -0.2) is 50.8 Å². The van der Waals surface area contributed by atoms with Crippen LogP contribution in [0.5, 0.6) is 0 Å². The summed E-state index contributed by atoms with van der Waals surface area (Å²) >= 11 is 0. The highest BCUT2D eigenvalue weighted by atomic mass is 16.5. The molecule has 5 heteroatoms. The van der Waals surface area contributed by atoms with Crippen LogP contribution in [0.2, 0.25) is 0 Å². The fraction of sp³-hybridized carbons (Fsp3) is 0.917. The number of rotatable bonds is 7. The number of carbonyl (C=O) groups is 1. The molecule has 1 aliphatic heterocycles. The number of morpholine rings is 1. The molecule has 0 spiro atoms. The first-order valence-electron chi connectivity index (χ1n) is 6.53. The summed E-state index contributed by atoms with van der Waals surface area (Å²) in [6.07, 6.45) is 1.96. The molecule has 100 valence electrons. The zero-order valence-corrected chi connectivity index (χ0v) is 10.9. The van der Waals surface area contributed by atoms with E-state index < -0.39 is 0 Å². The van der Waals surface area contributed by atoms with Crippen molar-refractivity contribution >= 4 is 5.91 Å². The number of ether oxygens (including phenoxy) is 1. The maximum atomic E-state index is 11.4. The first-order valence-corrected chi connectivity index (χ1v) is 6.53. The molecule has 0 saturated carbocycles. The summed E-state index contributed by atoms with van der Waals surface area (Å²) in [4.78, 5) is 11.4. The van der Waals surface area contributed by atoms with Gasteiger partial charge >= 0.3 is 0 Å². The van der Waals surface area contributed by atoms with Crippen LogP contribution in [0.3, 0.4) is 0 Å². The SMILES string of the molecule is CCCNC(=O)CNC(C)CC1COCCN1. The lowest BCUT2D eigenvalue weighted by Crippen LogP contribution is -2.46. The average molecular weight is 243 g/mol. The molecule has 0 aromatic heterocycles. The Hall–Kier alpha value is -0.650. The fourth-order valence-corrected chi connectivity index (χ4v) is 1.88. The van der Waals surface area contributed by atoms with Gasteiger partial charge in [0.1, 0.15) is 0 Å². The van der Waals surface area contributed by atoms with Gasteiger partial charge < -0.3 is 20.7 Å². The normalized spacial score (nSPS) is 22.1. The molecule has 0 aromatic carbocycles. The Morgan fingerprint density at radius 2 is 2.41 bits per heavy atom. The van der Waals surface area contributed by atoms with Crippen molar-refractivity contribution in [2.24, 2.45) is 0 Å². The largest absolute Gasteiger partial charge is 0.379 e. The zero-order valence-electron chi connectivity index (χ0n) is 10.9. The highest BCUT2D eigenvalue weighted by Gasteiger charge is 2.16. The second kappa shape index (κ2) is 8.44. The highest BCUT2D eigenvalue weighted by Crippen LogP contribution is 2.01. The van der Waals surface area contributed by atoms with Gasteiger partial charge in [-0.15, -0.1) is 0 Å². The van der Waals surface area contributed by atoms with Crippen LogP contribution in [0.15, 0.2) is 0 Å². The van der Waals surface area contributed by atoms with Crippen molar-refractivity contribution in [1.82, 2.24) is 16.0 Å². The van der Waals surface area contributed by atoms with Gasteiger partial charge in [-0.25, -0.2) is 0 Å². The van der Waals surface area contributed by atoms with E-state index in [1.165, 1.54) is 0 Å². The predicted octanol–water partition coefficient (Wildman–Crippen LogP) is -0.131. The molecule has 2 atom stereocenters. The Kier molecular flexibility index (Phi) is 7.16. The van der Waals surface area contributed by atoms with Gasteiger partial charge in [0.2, 0.25) is 5.91 Å². The fourth-order valence-electron chi connectivity index (χ4n) is 1.88. The lowest BCUT2D eigenvalue weighted by Gasteiger charge is -2.26. The standard InChI is InChI=1S/C12H25N3O2/c1-3-4-14-12(16)8-15-10(2)7-11-9-17-6-5-13-11/h10-11,13,15H,3-9H2,1-2H3,(H,14,16). The Bertz CT molecular complexity index is 218. The lowest BCUT2D eigenvalue weighted by molar-refractivity contribution is -0.120. The van der Waals surface area contributed by atoms with Gasteiger partial charge in [0.05, 0.1) is 19.8 Å². The quantitative estimate of drug-likeness (QED) is 0.583. The van der Waals surface area contributed by atoms with Gasteiger partial charge in [-0.3, -0.25) is 4.79 Å². The van der Waals surface area contributed by atoms with Crippen molar-refractivity contribution in [3.05, 3.63) is 0 Å². The average Bonchev–Trinajstić information content (AvgIpc) is 2.35. The maximum absolute atomic E-state index is 11.4. The zero-order chi connectivity index (χ0) is 12.5. The number of nitrogens with one attached hydrogen (secondary N) is 3. The van der Waals surface area contributed by atoms with Crippen molar-refractivity contribution in [2.45, 2.75) is 38.8 Å². The highest BCUT2D eigenvalue weighted by molar-refractivity contribution is 5.77. The van der Waals surface area contributed by atoms with E-state index >= 15 is 0 Å². The summed E-state index contributed by atoms with van der Waals surface area (Å²) in [6.45, 7) is 7.80. The van der Waals surface area contributed by atoms with E-state index in [1.807, 2.05) is 6.92 Å². The van der Waals surface area contributed by atoms with E-state index in [1.54, 1.807) is 0 Å². The monoisotopic (exact) mass is 243 g/mol. The number of amides is 1. The van der Waals surface area contributed by atoms with Gasteiger partial charge in [0.25, 0.3) is 0 Å². The molecule has 1 heterocycles. The number of carbonyl (C=O) groups excluding carboxylic acids is 1. The molecule has 2 unspecified atom stereocenters. The smallest absolute Gasteiger partial charge is 0.233 e. The van der Waals surface area contributed by atoms with E-state index in [-0.39, 0.29) is 5.91 Å². The molecule has 0 radical (unpaired) electrons. The van der Waals surface area contributed by atoms with Gasteiger partial charge in [-0.05, 0) is 19.8 Å². The van der Waals surface area contributed by atoms with E-state index in [0.29, 0.717) is 18.6 Å². The molecule has 1 saturated heterocycles. The van der Waals surface area contributed by atoms with Crippen molar-refractivity contribution < 1.29 is 9.53 Å². The predicted molar refractivity (Wildman–Crippen MR) is 68.0 cm³/mol. The lowest BCUT2D eigenvalue weighted by atomic mass is 10.1. The second-order valence-electron chi connectivity index (χ2n) is 4.59. The summed E-state index contributed by atoms with van der Waals surface area (Å²) in [5, 5.41) is 9.49. The molecule has 0 bridgehead atoms. The first-order chi connectivity index (χ1) is 8.22. The summed E-state index contributed by atoms with van der Waals surface area (Å²) in [7, 11) is 0. The molecule has 3 N–H and O–H groups in total. The topological polar surface area (TPSA) is 62.4 Å². The summed E-state index contributed by atoms with van der Waals surface area (Å²) in [6, 6.07) is 0.728. The molecule has 1 fully saturated rings. The Labute approximate surface area is 104 Å². The summed E-state index contributed by atoms with van der Waals surface area (Å²) < 4.78 is 5.39. The molecular formula is C12H25N3O2. The molecule has 17 heavy (non-hydrogen) atoms. The third kappa shape index (κ3) is 6.61. The van der Waals surface area contributed by atoms with Crippen molar-refractivity contribution in [1.29, 1.82) is 0 Å². The van der Waals surface area contributed by atoms with Crippen LogP contribution in [0.4, 0.5) is 0 Å². The number of hydrogen-bond donors (Lipinski definition) is 3. The Morgan fingerprint density at radius 1 is 1.59 bits per heavy atom. The molecular weight excluding hydrogens is 218 g/mol. The van der Waals surface area contributed by atoms with Crippen LogP contribution in [-0.2, 0) is 9.53 Å². The van der Waals surface area contributed by atoms with Gasteiger partial charge in [0, 0.05) is 25.2 Å². The van der Waals surface area contributed by atoms with E-state index in [4.69, 9.17) is 4.74 Å². The summed E-state index contributed by atoms with van der Waals surface area (Å²) in [5.74, 6) is 0.0755.